The third-order valence-corrected chi connectivity index (χ3v) is 4.55. The summed E-state index contributed by atoms with van der Waals surface area (Å²) >= 11 is 1.45. The molecule has 0 saturated heterocycles. The molecule has 5 heteroatoms. The molecule has 110 valence electrons. The third-order valence-electron chi connectivity index (χ3n) is 3.17. The second kappa shape index (κ2) is 6.54. The molecule has 1 aromatic heterocycles. The molecule has 0 saturated carbocycles. The number of amides is 2. The van der Waals surface area contributed by atoms with E-state index in [0.29, 0.717) is 10.4 Å². The molecule has 0 aliphatic heterocycles. The predicted octanol–water partition coefficient (Wildman–Crippen LogP) is 3.00. The molecule has 1 heterocycles. The lowest BCUT2D eigenvalue weighted by Gasteiger charge is -2.06. The number of hydrazine groups is 1. The highest BCUT2D eigenvalue weighted by molar-refractivity contribution is 7.14. The van der Waals surface area contributed by atoms with Gasteiger partial charge in [-0.3, -0.25) is 20.4 Å². The SMILES string of the molecule is CCc1sc(C(=O)NNC(=O)c2ccc(C)cc2)cc1C. The van der Waals surface area contributed by atoms with Crippen LogP contribution in [0, 0.1) is 13.8 Å². The molecule has 0 bridgehead atoms. The summed E-state index contributed by atoms with van der Waals surface area (Å²) in [6.07, 6.45) is 0.902. The summed E-state index contributed by atoms with van der Waals surface area (Å²) in [6.45, 7) is 5.99. The number of hydrogen-bond acceptors (Lipinski definition) is 3. The van der Waals surface area contributed by atoms with Gasteiger partial charge >= 0.3 is 0 Å². The number of hydrogen-bond donors (Lipinski definition) is 2. The minimum atomic E-state index is -0.327. The van der Waals surface area contributed by atoms with Gasteiger partial charge in [0.15, 0.2) is 0 Å². The van der Waals surface area contributed by atoms with Gasteiger partial charge in [-0.05, 0) is 44.0 Å². The summed E-state index contributed by atoms with van der Waals surface area (Å²) in [5.74, 6) is -0.615. The molecule has 21 heavy (non-hydrogen) atoms. The largest absolute Gasteiger partial charge is 0.279 e. The standard InChI is InChI=1S/C16H18N2O2S/c1-4-13-11(3)9-14(21-13)16(20)18-17-15(19)12-7-5-10(2)6-8-12/h5-9H,4H2,1-3H3,(H,17,19)(H,18,20). The van der Waals surface area contributed by atoms with Gasteiger partial charge in [0.1, 0.15) is 0 Å². The lowest BCUT2D eigenvalue weighted by Crippen LogP contribution is -2.41. The molecule has 4 nitrogen and oxygen atoms in total. The van der Waals surface area contributed by atoms with Crippen LogP contribution in [0.4, 0.5) is 0 Å². The molecule has 0 radical (unpaired) electrons. The van der Waals surface area contributed by atoms with Gasteiger partial charge in [0.25, 0.3) is 11.8 Å². The Bertz CT molecular complexity index is 659. The van der Waals surface area contributed by atoms with Gasteiger partial charge in [0, 0.05) is 10.4 Å². The molecule has 2 amide bonds. The number of carbonyl (C=O) groups is 2. The molecular formula is C16H18N2O2S. The molecule has 2 N–H and O–H groups in total. The average Bonchev–Trinajstić information content (AvgIpc) is 2.86. The first kappa shape index (κ1) is 15.3. The van der Waals surface area contributed by atoms with Crippen LogP contribution < -0.4 is 10.9 Å². The number of thiophene rings is 1. The van der Waals surface area contributed by atoms with Crippen LogP contribution in [0.5, 0.6) is 0 Å². The highest BCUT2D eigenvalue weighted by Gasteiger charge is 2.13. The molecule has 0 aliphatic rings. The van der Waals surface area contributed by atoms with Gasteiger partial charge in [-0.1, -0.05) is 24.6 Å². The zero-order valence-electron chi connectivity index (χ0n) is 12.3. The van der Waals surface area contributed by atoms with Crippen LogP contribution in [0.15, 0.2) is 30.3 Å². The van der Waals surface area contributed by atoms with Crippen molar-refractivity contribution in [2.45, 2.75) is 27.2 Å². The first-order valence-corrected chi connectivity index (χ1v) is 7.59. The Morgan fingerprint density at radius 1 is 1.05 bits per heavy atom. The number of rotatable bonds is 3. The van der Waals surface area contributed by atoms with Crippen molar-refractivity contribution < 1.29 is 9.59 Å². The van der Waals surface area contributed by atoms with Crippen molar-refractivity contribution >= 4 is 23.2 Å². The fourth-order valence-corrected chi connectivity index (χ4v) is 2.94. The highest BCUT2D eigenvalue weighted by Crippen LogP contribution is 2.21. The third kappa shape index (κ3) is 3.70. The molecule has 2 rings (SSSR count). The zero-order valence-corrected chi connectivity index (χ0v) is 13.1. The lowest BCUT2D eigenvalue weighted by atomic mass is 10.1. The van der Waals surface area contributed by atoms with Crippen molar-refractivity contribution in [3.8, 4) is 0 Å². The molecule has 0 fully saturated rings. The smallest absolute Gasteiger partial charge is 0.267 e. The van der Waals surface area contributed by atoms with E-state index in [9.17, 15) is 9.59 Å². The van der Waals surface area contributed by atoms with Gasteiger partial charge in [-0.25, -0.2) is 0 Å². The predicted molar refractivity (Wildman–Crippen MR) is 84.5 cm³/mol. The molecule has 1 aromatic carbocycles. The molecule has 0 unspecified atom stereocenters. The minimum Gasteiger partial charge on any atom is -0.267 e. The molecule has 0 atom stereocenters. The van der Waals surface area contributed by atoms with Crippen molar-refractivity contribution in [2.24, 2.45) is 0 Å². The number of carbonyl (C=O) groups excluding carboxylic acids is 2. The summed E-state index contributed by atoms with van der Waals surface area (Å²) in [7, 11) is 0. The number of aryl methyl sites for hydroxylation is 3. The van der Waals surface area contributed by atoms with Gasteiger partial charge in [-0.15, -0.1) is 11.3 Å². The summed E-state index contributed by atoms with van der Waals surface area (Å²) in [4.78, 5) is 25.7. The van der Waals surface area contributed by atoms with Crippen LogP contribution in [-0.4, -0.2) is 11.8 Å². The highest BCUT2D eigenvalue weighted by atomic mass is 32.1. The van der Waals surface area contributed by atoms with Crippen LogP contribution in [-0.2, 0) is 6.42 Å². The van der Waals surface area contributed by atoms with E-state index in [4.69, 9.17) is 0 Å². The van der Waals surface area contributed by atoms with Crippen molar-refractivity contribution in [3.63, 3.8) is 0 Å². The second-order valence-electron chi connectivity index (χ2n) is 4.84. The first-order valence-electron chi connectivity index (χ1n) is 6.78. The van der Waals surface area contributed by atoms with Gasteiger partial charge in [0.2, 0.25) is 0 Å². The Morgan fingerprint density at radius 3 is 2.24 bits per heavy atom. The van der Waals surface area contributed by atoms with E-state index in [1.165, 1.54) is 16.2 Å². The van der Waals surface area contributed by atoms with E-state index in [1.807, 2.05) is 32.0 Å². The monoisotopic (exact) mass is 302 g/mol. The molecule has 2 aromatic rings. The quantitative estimate of drug-likeness (QED) is 0.856. The maximum atomic E-state index is 12.0. The van der Waals surface area contributed by atoms with Crippen molar-refractivity contribution in [1.29, 1.82) is 0 Å². The van der Waals surface area contributed by atoms with E-state index >= 15 is 0 Å². The summed E-state index contributed by atoms with van der Waals surface area (Å²) in [6, 6.07) is 9.00. The van der Waals surface area contributed by atoms with Gasteiger partial charge in [0.05, 0.1) is 4.88 Å². The van der Waals surface area contributed by atoms with Crippen molar-refractivity contribution in [1.82, 2.24) is 10.9 Å². The van der Waals surface area contributed by atoms with Crippen LogP contribution in [0.25, 0.3) is 0 Å². The summed E-state index contributed by atoms with van der Waals surface area (Å²) in [5.41, 5.74) is 7.58. The lowest BCUT2D eigenvalue weighted by molar-refractivity contribution is 0.0849. The van der Waals surface area contributed by atoms with Crippen molar-refractivity contribution in [3.05, 3.63) is 56.8 Å². The first-order chi connectivity index (χ1) is 10.0. The van der Waals surface area contributed by atoms with Crippen LogP contribution >= 0.6 is 11.3 Å². The van der Waals surface area contributed by atoms with Crippen LogP contribution in [0.3, 0.4) is 0 Å². The normalized spacial score (nSPS) is 10.2. The second-order valence-corrected chi connectivity index (χ2v) is 5.98. The fraction of sp³-hybridized carbons (Fsp3) is 0.250. The molecular weight excluding hydrogens is 284 g/mol. The van der Waals surface area contributed by atoms with E-state index in [-0.39, 0.29) is 11.8 Å². The Morgan fingerprint density at radius 2 is 1.67 bits per heavy atom. The fourth-order valence-electron chi connectivity index (χ4n) is 1.93. The average molecular weight is 302 g/mol. The minimum absolute atomic E-state index is 0.289. The Hall–Kier alpha value is -2.14. The van der Waals surface area contributed by atoms with Crippen molar-refractivity contribution in [2.75, 3.05) is 0 Å². The Labute approximate surface area is 128 Å². The Balaban J connectivity index is 1.97. The maximum Gasteiger partial charge on any atom is 0.279 e. The van der Waals surface area contributed by atoms with Crippen LogP contribution in [0.2, 0.25) is 0 Å². The van der Waals surface area contributed by atoms with Crippen LogP contribution in [0.1, 0.15) is 43.0 Å². The van der Waals surface area contributed by atoms with E-state index in [2.05, 4.69) is 17.8 Å². The molecule has 0 spiro atoms. The summed E-state index contributed by atoms with van der Waals surface area (Å²) < 4.78 is 0. The topological polar surface area (TPSA) is 58.2 Å². The van der Waals surface area contributed by atoms with E-state index < -0.39 is 0 Å². The summed E-state index contributed by atoms with van der Waals surface area (Å²) in [5, 5.41) is 0. The zero-order chi connectivity index (χ0) is 15.4. The Kier molecular flexibility index (Phi) is 4.75. The maximum absolute atomic E-state index is 12.0. The van der Waals surface area contributed by atoms with Gasteiger partial charge in [-0.2, -0.15) is 0 Å². The van der Waals surface area contributed by atoms with Gasteiger partial charge < -0.3 is 0 Å². The molecule has 0 aliphatic carbocycles. The van der Waals surface area contributed by atoms with E-state index in [1.54, 1.807) is 12.1 Å². The number of nitrogens with one attached hydrogen (secondary N) is 2. The van der Waals surface area contributed by atoms with E-state index in [0.717, 1.165) is 17.5 Å². The number of benzene rings is 1.